The van der Waals surface area contributed by atoms with Crippen LogP contribution >= 0.6 is 11.3 Å². The number of hydrogen-bond acceptors (Lipinski definition) is 6. The van der Waals surface area contributed by atoms with Gasteiger partial charge in [-0.1, -0.05) is 18.2 Å². The number of rotatable bonds is 3. The summed E-state index contributed by atoms with van der Waals surface area (Å²) < 4.78 is 38.9. The second-order valence-corrected chi connectivity index (χ2v) is 7.02. The second kappa shape index (κ2) is 7.59. The lowest BCUT2D eigenvalue weighted by Gasteiger charge is -2.14. The zero-order valence-corrected chi connectivity index (χ0v) is 15.4. The van der Waals surface area contributed by atoms with E-state index in [9.17, 15) is 13.2 Å². The van der Waals surface area contributed by atoms with Gasteiger partial charge in [-0.25, -0.2) is 9.97 Å². The number of halogens is 3. The first-order valence-electron chi connectivity index (χ1n) is 8.65. The highest BCUT2D eigenvalue weighted by molar-refractivity contribution is 7.14. The van der Waals surface area contributed by atoms with Crippen molar-refractivity contribution in [2.75, 3.05) is 18.4 Å². The van der Waals surface area contributed by atoms with Crippen molar-refractivity contribution < 1.29 is 13.2 Å². The zero-order valence-electron chi connectivity index (χ0n) is 14.6. The fourth-order valence-electron chi connectivity index (χ4n) is 2.76. The van der Waals surface area contributed by atoms with Crippen LogP contribution in [-0.2, 0) is 6.18 Å². The maximum absolute atomic E-state index is 13.0. The van der Waals surface area contributed by atoms with E-state index in [2.05, 4.69) is 25.6 Å². The van der Waals surface area contributed by atoms with Gasteiger partial charge in [0.2, 0.25) is 0 Å². The van der Waals surface area contributed by atoms with Crippen molar-refractivity contribution in [3.8, 4) is 22.6 Å². The van der Waals surface area contributed by atoms with Crippen molar-refractivity contribution in [1.29, 1.82) is 0 Å². The van der Waals surface area contributed by atoms with Gasteiger partial charge in [-0.2, -0.15) is 13.2 Å². The fourth-order valence-corrected chi connectivity index (χ4v) is 3.46. The Hall–Kier alpha value is -2.94. The number of nitrogens with one attached hydrogen (secondary N) is 2. The predicted octanol–water partition coefficient (Wildman–Crippen LogP) is 4.65. The lowest BCUT2D eigenvalue weighted by molar-refractivity contribution is -0.137. The van der Waals surface area contributed by atoms with Gasteiger partial charge in [0, 0.05) is 24.0 Å². The number of nitrogens with zero attached hydrogens (tertiary/aromatic N) is 3. The summed E-state index contributed by atoms with van der Waals surface area (Å²) >= 11 is 1.41. The standard InChI is InChI=1S/C19H16F3N5S/c20-19(21,22)13-5-1-4-12(10-13)14-6-2-7-15(25-14)16-11-28-18(26-16)27-17-23-8-3-9-24-17/h1-2,4-7,10-11H,3,8-9H2,(H2,23,24,26,27). The molecule has 0 aliphatic carbocycles. The van der Waals surface area contributed by atoms with E-state index in [1.165, 1.54) is 17.4 Å². The molecule has 0 atom stereocenters. The number of guanidine groups is 1. The molecule has 4 rings (SSSR count). The molecule has 0 bridgehead atoms. The molecule has 1 aliphatic heterocycles. The highest BCUT2D eigenvalue weighted by Gasteiger charge is 2.30. The minimum Gasteiger partial charge on any atom is -0.356 e. The topological polar surface area (TPSA) is 62.2 Å². The van der Waals surface area contributed by atoms with Gasteiger partial charge in [0.05, 0.1) is 17.0 Å². The summed E-state index contributed by atoms with van der Waals surface area (Å²) in [4.78, 5) is 13.4. The molecule has 0 saturated carbocycles. The van der Waals surface area contributed by atoms with Gasteiger partial charge in [0.1, 0.15) is 5.69 Å². The lowest BCUT2D eigenvalue weighted by Crippen LogP contribution is -2.35. The van der Waals surface area contributed by atoms with Crippen LogP contribution in [0.25, 0.3) is 22.6 Å². The molecule has 5 nitrogen and oxygen atoms in total. The number of benzene rings is 1. The molecule has 9 heteroatoms. The number of anilines is 1. The van der Waals surface area contributed by atoms with Crippen molar-refractivity contribution in [2.24, 2.45) is 4.99 Å². The Morgan fingerprint density at radius 3 is 2.61 bits per heavy atom. The average Bonchev–Trinajstić information content (AvgIpc) is 3.17. The first kappa shape index (κ1) is 18.4. The lowest BCUT2D eigenvalue weighted by atomic mass is 10.1. The third-order valence-electron chi connectivity index (χ3n) is 4.12. The van der Waals surface area contributed by atoms with Crippen molar-refractivity contribution in [3.05, 3.63) is 53.4 Å². The van der Waals surface area contributed by atoms with E-state index >= 15 is 0 Å². The Kier molecular flexibility index (Phi) is 4.99. The Morgan fingerprint density at radius 2 is 1.82 bits per heavy atom. The van der Waals surface area contributed by atoms with Gasteiger partial charge < -0.3 is 10.6 Å². The van der Waals surface area contributed by atoms with Crippen LogP contribution in [0.3, 0.4) is 0 Å². The maximum atomic E-state index is 13.0. The van der Waals surface area contributed by atoms with Crippen LogP contribution in [0, 0.1) is 0 Å². The summed E-state index contributed by atoms with van der Waals surface area (Å²) in [5.41, 5.74) is 1.42. The van der Waals surface area contributed by atoms with E-state index in [1.54, 1.807) is 24.3 Å². The monoisotopic (exact) mass is 403 g/mol. The number of hydrogen-bond donors (Lipinski definition) is 2. The smallest absolute Gasteiger partial charge is 0.356 e. The third-order valence-corrected chi connectivity index (χ3v) is 4.88. The average molecular weight is 403 g/mol. The van der Waals surface area contributed by atoms with Crippen molar-refractivity contribution in [2.45, 2.75) is 12.6 Å². The molecule has 0 saturated heterocycles. The molecular formula is C19H16F3N5S. The van der Waals surface area contributed by atoms with Crippen molar-refractivity contribution in [3.63, 3.8) is 0 Å². The number of pyridine rings is 1. The second-order valence-electron chi connectivity index (χ2n) is 6.16. The van der Waals surface area contributed by atoms with Gasteiger partial charge in [-0.15, -0.1) is 11.3 Å². The molecule has 144 valence electrons. The molecule has 0 fully saturated rings. The van der Waals surface area contributed by atoms with Gasteiger partial charge >= 0.3 is 6.18 Å². The first-order chi connectivity index (χ1) is 13.5. The Balaban J connectivity index is 1.59. The van der Waals surface area contributed by atoms with Crippen LogP contribution < -0.4 is 10.6 Å². The third kappa shape index (κ3) is 4.14. The van der Waals surface area contributed by atoms with Gasteiger partial charge in [-0.3, -0.25) is 4.99 Å². The maximum Gasteiger partial charge on any atom is 0.416 e. The molecule has 0 spiro atoms. The van der Waals surface area contributed by atoms with Crippen LogP contribution in [0.1, 0.15) is 12.0 Å². The Labute approximate surface area is 163 Å². The summed E-state index contributed by atoms with van der Waals surface area (Å²) in [6, 6.07) is 10.4. The predicted molar refractivity (Wildman–Crippen MR) is 104 cm³/mol. The molecule has 2 N–H and O–H groups in total. The minimum absolute atomic E-state index is 0.408. The zero-order chi connectivity index (χ0) is 19.6. The van der Waals surface area contributed by atoms with Crippen molar-refractivity contribution >= 4 is 22.4 Å². The highest BCUT2D eigenvalue weighted by atomic mass is 32.1. The van der Waals surface area contributed by atoms with E-state index in [0.717, 1.165) is 31.6 Å². The Morgan fingerprint density at radius 1 is 1.00 bits per heavy atom. The largest absolute Gasteiger partial charge is 0.416 e. The van der Waals surface area contributed by atoms with Crippen LogP contribution in [0.5, 0.6) is 0 Å². The Bertz CT molecular complexity index is 1010. The number of thiazole rings is 1. The normalized spacial score (nSPS) is 14.3. The number of aliphatic imine (C=N–C) groups is 1. The molecule has 0 unspecified atom stereocenters. The van der Waals surface area contributed by atoms with Gasteiger partial charge in [0.15, 0.2) is 11.1 Å². The summed E-state index contributed by atoms with van der Waals surface area (Å²) in [6.07, 6.45) is -3.39. The number of alkyl halides is 3. The molecule has 1 aliphatic rings. The van der Waals surface area contributed by atoms with Crippen LogP contribution in [0.2, 0.25) is 0 Å². The summed E-state index contributed by atoms with van der Waals surface area (Å²) in [6.45, 7) is 1.64. The molecule has 3 aromatic rings. The van der Waals surface area contributed by atoms with Crippen molar-refractivity contribution in [1.82, 2.24) is 15.3 Å². The molecular weight excluding hydrogens is 387 g/mol. The molecule has 28 heavy (non-hydrogen) atoms. The van der Waals surface area contributed by atoms with Crippen LogP contribution in [0.4, 0.5) is 18.3 Å². The van der Waals surface area contributed by atoms with E-state index in [4.69, 9.17) is 0 Å². The molecule has 0 amide bonds. The minimum atomic E-state index is -4.39. The van der Waals surface area contributed by atoms with Crippen LogP contribution in [0.15, 0.2) is 52.8 Å². The van der Waals surface area contributed by atoms with E-state index < -0.39 is 11.7 Å². The number of aromatic nitrogens is 2. The van der Waals surface area contributed by atoms with E-state index in [-0.39, 0.29) is 0 Å². The molecule has 3 heterocycles. The molecule has 1 aromatic carbocycles. The van der Waals surface area contributed by atoms with E-state index in [1.807, 2.05) is 5.38 Å². The summed E-state index contributed by atoms with van der Waals surface area (Å²) in [7, 11) is 0. The van der Waals surface area contributed by atoms with E-state index in [0.29, 0.717) is 33.7 Å². The summed E-state index contributed by atoms with van der Waals surface area (Å²) in [5, 5.41) is 8.82. The van der Waals surface area contributed by atoms with Gasteiger partial charge in [-0.05, 0) is 30.7 Å². The first-order valence-corrected chi connectivity index (χ1v) is 9.53. The quantitative estimate of drug-likeness (QED) is 0.668. The summed E-state index contributed by atoms with van der Waals surface area (Å²) in [5.74, 6) is 0.692. The SMILES string of the molecule is FC(F)(F)c1cccc(-c2cccc(-c3csc(NC4=NCCCN4)n3)n2)c1. The molecule has 2 aromatic heterocycles. The van der Waals surface area contributed by atoms with Gasteiger partial charge in [0.25, 0.3) is 0 Å². The highest BCUT2D eigenvalue weighted by Crippen LogP contribution is 2.32. The van der Waals surface area contributed by atoms with Crippen LogP contribution in [-0.4, -0.2) is 29.0 Å². The fraction of sp³-hybridized carbons (Fsp3) is 0.211. The molecule has 0 radical (unpaired) electrons.